The molecule has 140 valence electrons. The molecule has 5 heteroatoms. The molecule has 0 unspecified atom stereocenters. The number of ether oxygens (including phenoxy) is 1. The Morgan fingerprint density at radius 1 is 0.964 bits per heavy atom. The highest BCUT2D eigenvalue weighted by molar-refractivity contribution is 5.98. The second-order valence-electron chi connectivity index (χ2n) is 6.57. The lowest BCUT2D eigenvalue weighted by molar-refractivity contribution is 0.0950. The summed E-state index contributed by atoms with van der Waals surface area (Å²) in [6.45, 7) is 1.08. The maximum Gasteiger partial charge on any atom is 0.267 e. The van der Waals surface area contributed by atoms with Gasteiger partial charge in [-0.15, -0.1) is 0 Å². The maximum absolute atomic E-state index is 12.4. The topological polar surface area (TPSA) is 67.0 Å². The monoisotopic (exact) mass is 371 g/mol. The van der Waals surface area contributed by atoms with Crippen molar-refractivity contribution in [3.63, 3.8) is 0 Å². The number of pyridine rings is 1. The van der Waals surface area contributed by atoms with E-state index in [1.54, 1.807) is 12.4 Å². The number of aromatic nitrogens is 2. The lowest BCUT2D eigenvalue weighted by atomic mass is 10.2. The van der Waals surface area contributed by atoms with E-state index in [-0.39, 0.29) is 5.91 Å². The average molecular weight is 371 g/mol. The molecular weight excluding hydrogens is 350 g/mol. The van der Waals surface area contributed by atoms with E-state index in [1.807, 2.05) is 66.7 Å². The maximum atomic E-state index is 12.4. The van der Waals surface area contributed by atoms with Crippen LogP contribution in [0.5, 0.6) is 5.75 Å². The van der Waals surface area contributed by atoms with Crippen LogP contribution in [0, 0.1) is 0 Å². The average Bonchev–Trinajstić information content (AvgIpc) is 3.17. The van der Waals surface area contributed by atoms with Crippen molar-refractivity contribution in [1.29, 1.82) is 0 Å². The molecule has 0 aliphatic heterocycles. The molecular formula is C23H21N3O2. The zero-order chi connectivity index (χ0) is 19.2. The van der Waals surface area contributed by atoms with Gasteiger partial charge in [-0.2, -0.15) is 0 Å². The van der Waals surface area contributed by atoms with Crippen LogP contribution in [0.4, 0.5) is 0 Å². The summed E-state index contributed by atoms with van der Waals surface area (Å²) < 4.78 is 5.86. The minimum absolute atomic E-state index is 0.114. The first-order valence-electron chi connectivity index (χ1n) is 9.24. The van der Waals surface area contributed by atoms with Crippen LogP contribution in [0.3, 0.4) is 0 Å². The van der Waals surface area contributed by atoms with Gasteiger partial charge in [0.05, 0.1) is 0 Å². The summed E-state index contributed by atoms with van der Waals surface area (Å²) in [6, 6.07) is 21.6. The van der Waals surface area contributed by atoms with Gasteiger partial charge in [-0.1, -0.05) is 30.3 Å². The minimum Gasteiger partial charge on any atom is -0.489 e. The van der Waals surface area contributed by atoms with E-state index < -0.39 is 0 Å². The zero-order valence-corrected chi connectivity index (χ0v) is 15.4. The Labute approximate surface area is 163 Å². The number of fused-ring (bicyclic) bond motifs is 1. The number of nitrogens with zero attached hydrogens (tertiary/aromatic N) is 1. The second-order valence-corrected chi connectivity index (χ2v) is 6.57. The molecule has 2 aromatic carbocycles. The minimum atomic E-state index is -0.114. The van der Waals surface area contributed by atoms with E-state index >= 15 is 0 Å². The molecule has 0 spiro atoms. The highest BCUT2D eigenvalue weighted by Gasteiger charge is 2.10. The normalized spacial score (nSPS) is 10.7. The number of benzene rings is 2. The summed E-state index contributed by atoms with van der Waals surface area (Å²) in [6.07, 6.45) is 4.28. The fraction of sp³-hybridized carbons (Fsp3) is 0.130. The van der Waals surface area contributed by atoms with Crippen LogP contribution in [-0.2, 0) is 13.0 Å². The largest absolute Gasteiger partial charge is 0.489 e. The molecule has 0 atom stereocenters. The molecule has 0 saturated carbocycles. The Kier molecular flexibility index (Phi) is 5.33. The number of carbonyl (C=O) groups excluding carboxylic acids is 1. The molecule has 0 aliphatic rings. The third-order valence-electron chi connectivity index (χ3n) is 4.54. The van der Waals surface area contributed by atoms with Crippen molar-refractivity contribution in [2.75, 3.05) is 6.54 Å². The van der Waals surface area contributed by atoms with Gasteiger partial charge in [-0.25, -0.2) is 0 Å². The van der Waals surface area contributed by atoms with E-state index in [1.165, 1.54) is 0 Å². The summed E-state index contributed by atoms with van der Waals surface area (Å²) in [5.74, 6) is 0.653. The first-order chi connectivity index (χ1) is 13.8. The highest BCUT2D eigenvalue weighted by Crippen LogP contribution is 2.22. The van der Waals surface area contributed by atoms with E-state index in [9.17, 15) is 4.79 Å². The summed E-state index contributed by atoms with van der Waals surface area (Å²) in [4.78, 5) is 19.6. The number of H-pyrrole nitrogens is 1. The molecule has 5 nitrogen and oxygen atoms in total. The van der Waals surface area contributed by atoms with Crippen molar-refractivity contribution in [3.05, 3.63) is 95.9 Å². The molecule has 2 N–H and O–H groups in total. The number of hydrogen-bond acceptors (Lipinski definition) is 3. The van der Waals surface area contributed by atoms with Crippen molar-refractivity contribution < 1.29 is 9.53 Å². The second kappa shape index (κ2) is 8.39. The Balaban J connectivity index is 1.37. The van der Waals surface area contributed by atoms with Gasteiger partial charge in [0.1, 0.15) is 18.1 Å². The summed E-state index contributed by atoms with van der Waals surface area (Å²) in [7, 11) is 0. The molecule has 1 amide bonds. The molecule has 2 aromatic heterocycles. The molecule has 2 heterocycles. The van der Waals surface area contributed by atoms with E-state index in [0.717, 1.165) is 34.2 Å². The standard InChI is InChI=1S/C23H21N3O2/c27-23(25-13-10-17-8-11-24-12-9-17)22-14-19-6-7-20(15-21(19)26-22)28-16-18-4-2-1-3-5-18/h1-9,11-12,14-15,26H,10,13,16H2,(H,25,27). The SMILES string of the molecule is O=C(NCCc1ccncc1)c1cc2ccc(OCc3ccccc3)cc2[nH]1. The predicted molar refractivity (Wildman–Crippen MR) is 109 cm³/mol. The number of nitrogens with one attached hydrogen (secondary N) is 2. The summed E-state index contributed by atoms with van der Waals surface area (Å²) >= 11 is 0. The molecule has 0 saturated heterocycles. The van der Waals surface area contributed by atoms with Gasteiger partial charge < -0.3 is 15.0 Å². The number of hydrogen-bond donors (Lipinski definition) is 2. The molecule has 4 aromatic rings. The van der Waals surface area contributed by atoms with Gasteiger partial charge in [-0.05, 0) is 47.9 Å². The van der Waals surface area contributed by atoms with Gasteiger partial charge in [0, 0.05) is 35.9 Å². The van der Waals surface area contributed by atoms with E-state index in [2.05, 4.69) is 15.3 Å². The fourth-order valence-corrected chi connectivity index (χ4v) is 3.02. The van der Waals surface area contributed by atoms with E-state index in [0.29, 0.717) is 18.8 Å². The Bertz CT molecular complexity index is 1060. The smallest absolute Gasteiger partial charge is 0.267 e. The van der Waals surface area contributed by atoms with Crippen molar-refractivity contribution >= 4 is 16.8 Å². The Hall–Kier alpha value is -3.60. The first-order valence-corrected chi connectivity index (χ1v) is 9.24. The third kappa shape index (κ3) is 4.38. The lowest BCUT2D eigenvalue weighted by Gasteiger charge is -2.06. The third-order valence-corrected chi connectivity index (χ3v) is 4.54. The number of amides is 1. The molecule has 0 fully saturated rings. The lowest BCUT2D eigenvalue weighted by Crippen LogP contribution is -2.25. The molecule has 0 bridgehead atoms. The molecule has 0 radical (unpaired) electrons. The van der Waals surface area contributed by atoms with Gasteiger partial charge >= 0.3 is 0 Å². The summed E-state index contributed by atoms with van der Waals surface area (Å²) in [5, 5.41) is 3.93. The Morgan fingerprint density at radius 3 is 2.61 bits per heavy atom. The fourth-order valence-electron chi connectivity index (χ4n) is 3.02. The molecule has 4 rings (SSSR count). The quantitative estimate of drug-likeness (QED) is 0.514. The summed E-state index contributed by atoms with van der Waals surface area (Å²) in [5.41, 5.74) is 3.69. The molecule has 0 aliphatic carbocycles. The van der Waals surface area contributed by atoms with Crippen LogP contribution >= 0.6 is 0 Å². The van der Waals surface area contributed by atoms with Crippen LogP contribution in [0.25, 0.3) is 10.9 Å². The van der Waals surface area contributed by atoms with Crippen molar-refractivity contribution in [2.45, 2.75) is 13.0 Å². The number of rotatable bonds is 7. The van der Waals surface area contributed by atoms with Crippen LogP contribution in [0.2, 0.25) is 0 Å². The van der Waals surface area contributed by atoms with Crippen LogP contribution in [-0.4, -0.2) is 22.4 Å². The van der Waals surface area contributed by atoms with Crippen molar-refractivity contribution in [2.24, 2.45) is 0 Å². The van der Waals surface area contributed by atoms with Gasteiger partial charge in [0.15, 0.2) is 0 Å². The van der Waals surface area contributed by atoms with E-state index in [4.69, 9.17) is 4.74 Å². The number of carbonyl (C=O) groups is 1. The van der Waals surface area contributed by atoms with Gasteiger partial charge in [0.2, 0.25) is 0 Å². The predicted octanol–water partition coefficient (Wildman–Crippen LogP) is 4.11. The van der Waals surface area contributed by atoms with Crippen LogP contribution < -0.4 is 10.1 Å². The van der Waals surface area contributed by atoms with Crippen molar-refractivity contribution in [1.82, 2.24) is 15.3 Å². The van der Waals surface area contributed by atoms with Crippen LogP contribution in [0.15, 0.2) is 79.1 Å². The number of aromatic amines is 1. The van der Waals surface area contributed by atoms with Crippen molar-refractivity contribution in [3.8, 4) is 5.75 Å². The highest BCUT2D eigenvalue weighted by atomic mass is 16.5. The zero-order valence-electron chi connectivity index (χ0n) is 15.4. The molecule has 28 heavy (non-hydrogen) atoms. The van der Waals surface area contributed by atoms with Gasteiger partial charge in [0.25, 0.3) is 5.91 Å². The Morgan fingerprint density at radius 2 is 1.79 bits per heavy atom. The van der Waals surface area contributed by atoms with Crippen LogP contribution in [0.1, 0.15) is 21.6 Å². The first kappa shape index (κ1) is 17.8. The van der Waals surface area contributed by atoms with Gasteiger partial charge in [-0.3, -0.25) is 9.78 Å².